The molecule has 5 heteroatoms. The first-order valence-electron chi connectivity index (χ1n) is 6.02. The van der Waals surface area contributed by atoms with E-state index in [0.717, 1.165) is 19.5 Å². The third-order valence-electron chi connectivity index (χ3n) is 2.26. The van der Waals surface area contributed by atoms with Crippen LogP contribution < -0.4 is 10.2 Å². The van der Waals surface area contributed by atoms with E-state index in [1.54, 1.807) is 0 Å². The van der Waals surface area contributed by atoms with Gasteiger partial charge in [-0.25, -0.2) is 9.37 Å². The van der Waals surface area contributed by atoms with Gasteiger partial charge in [0.1, 0.15) is 0 Å². The molecule has 0 aliphatic carbocycles. The Bertz CT molecular complexity index is 354. The summed E-state index contributed by atoms with van der Waals surface area (Å²) in [4.78, 5) is 9.92. The van der Waals surface area contributed by atoms with E-state index < -0.39 is 0 Å². The Kier molecular flexibility index (Phi) is 5.12. The fraction of sp³-hybridized carbons (Fsp3) is 0.667. The minimum Gasteiger partial charge on any atom is -0.357 e. The highest BCUT2D eigenvalue weighted by molar-refractivity contribution is 5.43. The highest BCUT2D eigenvalue weighted by atomic mass is 19.1. The van der Waals surface area contributed by atoms with Crippen molar-refractivity contribution in [1.82, 2.24) is 9.97 Å². The molecule has 0 aromatic carbocycles. The predicted molar refractivity (Wildman–Crippen MR) is 68.9 cm³/mol. The van der Waals surface area contributed by atoms with Gasteiger partial charge in [0.25, 0.3) is 0 Å². The van der Waals surface area contributed by atoms with Crippen molar-refractivity contribution in [1.29, 1.82) is 0 Å². The molecule has 0 fully saturated rings. The Morgan fingerprint density at radius 1 is 1.47 bits per heavy atom. The topological polar surface area (TPSA) is 41.1 Å². The van der Waals surface area contributed by atoms with E-state index in [1.165, 1.54) is 6.20 Å². The van der Waals surface area contributed by atoms with Gasteiger partial charge in [-0.2, -0.15) is 4.98 Å². The Hall–Kier alpha value is -1.39. The minimum atomic E-state index is -0.379. The molecule has 0 amide bonds. The highest BCUT2D eigenvalue weighted by Gasteiger charge is 2.12. The van der Waals surface area contributed by atoms with Crippen LogP contribution in [0.15, 0.2) is 6.20 Å². The standard InChI is InChI=1S/C12H21FN4/c1-5-6-14-12-15-7-10(13)11(16-12)17(4)8-9(2)3/h7,9H,5-6,8H2,1-4H3,(H,14,15,16). The number of hydrogen-bond donors (Lipinski definition) is 1. The molecular weight excluding hydrogens is 219 g/mol. The molecule has 17 heavy (non-hydrogen) atoms. The summed E-state index contributed by atoms with van der Waals surface area (Å²) in [6, 6.07) is 0. The number of rotatable bonds is 6. The van der Waals surface area contributed by atoms with Crippen molar-refractivity contribution >= 4 is 11.8 Å². The molecule has 0 bridgehead atoms. The third kappa shape index (κ3) is 4.17. The largest absolute Gasteiger partial charge is 0.357 e. The highest BCUT2D eigenvalue weighted by Crippen LogP contribution is 2.16. The van der Waals surface area contributed by atoms with Crippen molar-refractivity contribution in [2.75, 3.05) is 30.4 Å². The van der Waals surface area contributed by atoms with Gasteiger partial charge >= 0.3 is 0 Å². The van der Waals surface area contributed by atoms with Gasteiger partial charge in [-0.3, -0.25) is 0 Å². The van der Waals surface area contributed by atoms with Crippen molar-refractivity contribution in [3.05, 3.63) is 12.0 Å². The minimum absolute atomic E-state index is 0.354. The molecule has 0 aliphatic rings. The smallest absolute Gasteiger partial charge is 0.224 e. The summed E-state index contributed by atoms with van der Waals surface area (Å²) in [5.41, 5.74) is 0. The van der Waals surface area contributed by atoms with Crippen LogP contribution in [-0.4, -0.2) is 30.1 Å². The van der Waals surface area contributed by atoms with Gasteiger partial charge in [0.2, 0.25) is 5.95 Å². The van der Waals surface area contributed by atoms with Gasteiger partial charge in [-0.1, -0.05) is 20.8 Å². The molecule has 0 aliphatic heterocycles. The molecule has 0 saturated heterocycles. The second kappa shape index (κ2) is 6.37. The first-order chi connectivity index (χ1) is 8.04. The molecule has 4 nitrogen and oxygen atoms in total. The summed E-state index contributed by atoms with van der Waals surface area (Å²) in [5.74, 6) is 0.919. The van der Waals surface area contributed by atoms with E-state index in [-0.39, 0.29) is 5.82 Å². The summed E-state index contributed by atoms with van der Waals surface area (Å²) in [6.07, 6.45) is 2.20. The molecule has 1 N–H and O–H groups in total. The van der Waals surface area contributed by atoms with E-state index in [2.05, 4.69) is 36.1 Å². The van der Waals surface area contributed by atoms with Crippen LogP contribution in [0.5, 0.6) is 0 Å². The first-order valence-corrected chi connectivity index (χ1v) is 6.02. The van der Waals surface area contributed by atoms with Gasteiger partial charge in [0, 0.05) is 20.1 Å². The summed E-state index contributed by atoms with van der Waals surface area (Å²) in [7, 11) is 1.84. The Labute approximate surface area is 102 Å². The fourth-order valence-electron chi connectivity index (χ4n) is 1.58. The lowest BCUT2D eigenvalue weighted by Crippen LogP contribution is -2.25. The average molecular weight is 240 g/mol. The van der Waals surface area contributed by atoms with Crippen LogP contribution in [0.4, 0.5) is 16.2 Å². The van der Waals surface area contributed by atoms with Crippen LogP contribution in [0.2, 0.25) is 0 Å². The van der Waals surface area contributed by atoms with Crippen molar-refractivity contribution in [2.24, 2.45) is 5.92 Å². The van der Waals surface area contributed by atoms with Crippen LogP contribution in [0.1, 0.15) is 27.2 Å². The van der Waals surface area contributed by atoms with Crippen LogP contribution in [0, 0.1) is 11.7 Å². The van der Waals surface area contributed by atoms with Crippen LogP contribution in [0.25, 0.3) is 0 Å². The number of anilines is 2. The number of nitrogens with zero attached hydrogens (tertiary/aromatic N) is 3. The zero-order chi connectivity index (χ0) is 12.8. The maximum Gasteiger partial charge on any atom is 0.224 e. The van der Waals surface area contributed by atoms with Crippen LogP contribution >= 0.6 is 0 Å². The van der Waals surface area contributed by atoms with E-state index in [0.29, 0.717) is 17.7 Å². The Balaban J connectivity index is 2.81. The molecule has 0 saturated carbocycles. The molecule has 0 unspecified atom stereocenters. The quantitative estimate of drug-likeness (QED) is 0.829. The molecule has 1 aromatic heterocycles. The average Bonchev–Trinajstić information content (AvgIpc) is 2.27. The molecule has 1 heterocycles. The molecule has 0 spiro atoms. The number of aromatic nitrogens is 2. The van der Waals surface area contributed by atoms with Crippen molar-refractivity contribution in [3.8, 4) is 0 Å². The fourth-order valence-corrected chi connectivity index (χ4v) is 1.58. The maximum absolute atomic E-state index is 13.6. The zero-order valence-corrected chi connectivity index (χ0v) is 11.0. The summed E-state index contributed by atoms with van der Waals surface area (Å²) in [6.45, 7) is 7.79. The summed E-state index contributed by atoms with van der Waals surface area (Å²) in [5, 5.41) is 3.05. The second-order valence-corrected chi connectivity index (χ2v) is 4.57. The van der Waals surface area contributed by atoms with E-state index in [1.807, 2.05) is 11.9 Å². The number of nitrogens with one attached hydrogen (secondary N) is 1. The van der Waals surface area contributed by atoms with Crippen molar-refractivity contribution in [2.45, 2.75) is 27.2 Å². The maximum atomic E-state index is 13.6. The van der Waals surface area contributed by atoms with Crippen LogP contribution in [-0.2, 0) is 0 Å². The summed E-state index contributed by atoms with van der Waals surface area (Å²) < 4.78 is 13.6. The van der Waals surface area contributed by atoms with Gasteiger partial charge < -0.3 is 10.2 Å². The zero-order valence-electron chi connectivity index (χ0n) is 11.0. The van der Waals surface area contributed by atoms with Gasteiger partial charge in [0.05, 0.1) is 6.20 Å². The lowest BCUT2D eigenvalue weighted by molar-refractivity contribution is 0.586. The SMILES string of the molecule is CCCNc1ncc(F)c(N(C)CC(C)C)n1. The molecule has 0 radical (unpaired) electrons. The van der Waals surface area contributed by atoms with Crippen molar-refractivity contribution < 1.29 is 4.39 Å². The van der Waals surface area contributed by atoms with E-state index in [9.17, 15) is 4.39 Å². The monoisotopic (exact) mass is 240 g/mol. The lowest BCUT2D eigenvalue weighted by Gasteiger charge is -2.21. The van der Waals surface area contributed by atoms with Gasteiger partial charge in [-0.05, 0) is 12.3 Å². The van der Waals surface area contributed by atoms with Gasteiger partial charge in [0.15, 0.2) is 11.6 Å². The number of halogens is 1. The van der Waals surface area contributed by atoms with Crippen LogP contribution in [0.3, 0.4) is 0 Å². The summed E-state index contributed by atoms with van der Waals surface area (Å²) >= 11 is 0. The third-order valence-corrected chi connectivity index (χ3v) is 2.26. The number of hydrogen-bond acceptors (Lipinski definition) is 4. The predicted octanol–water partition coefficient (Wildman–Crippen LogP) is 2.53. The molecular formula is C12H21FN4. The second-order valence-electron chi connectivity index (χ2n) is 4.57. The Morgan fingerprint density at radius 2 is 2.18 bits per heavy atom. The molecule has 1 aromatic rings. The molecule has 96 valence electrons. The lowest BCUT2D eigenvalue weighted by atomic mass is 10.2. The first kappa shape index (κ1) is 13.7. The normalized spacial score (nSPS) is 10.7. The molecule has 0 atom stereocenters. The van der Waals surface area contributed by atoms with E-state index >= 15 is 0 Å². The van der Waals surface area contributed by atoms with Crippen molar-refractivity contribution in [3.63, 3.8) is 0 Å². The van der Waals surface area contributed by atoms with Gasteiger partial charge in [-0.15, -0.1) is 0 Å². The van der Waals surface area contributed by atoms with E-state index in [4.69, 9.17) is 0 Å². The molecule has 1 rings (SSSR count). The Morgan fingerprint density at radius 3 is 2.76 bits per heavy atom.